The molecule has 5 nitrogen and oxygen atoms in total. The van der Waals surface area contributed by atoms with Gasteiger partial charge in [0.2, 0.25) is 0 Å². The molecule has 0 spiro atoms. The molecule has 1 aliphatic carbocycles. The van der Waals surface area contributed by atoms with Gasteiger partial charge < -0.3 is 5.32 Å². The molecule has 1 saturated carbocycles. The van der Waals surface area contributed by atoms with Crippen molar-refractivity contribution in [2.75, 3.05) is 6.54 Å². The maximum atomic E-state index is 10.8. The molecule has 0 aliphatic heterocycles. The topological polar surface area (TPSA) is 79.0 Å². The second-order valence-electron chi connectivity index (χ2n) is 5.32. The summed E-state index contributed by atoms with van der Waals surface area (Å²) in [7, 11) is 0. The number of nitriles is 1. The van der Waals surface area contributed by atoms with Crippen LogP contribution in [-0.2, 0) is 6.42 Å². The summed E-state index contributed by atoms with van der Waals surface area (Å²) in [6.45, 7) is 3.12. The van der Waals surface area contributed by atoms with Crippen LogP contribution < -0.4 is 5.32 Å². The van der Waals surface area contributed by atoms with E-state index < -0.39 is 4.92 Å². The first-order valence-corrected chi connectivity index (χ1v) is 7.06. The lowest BCUT2D eigenvalue weighted by atomic mass is 9.99. The SMILES string of the molecule is CCCNC(Cc1ccc([N+](=O)[O-])c(C#N)c1)C1CC1. The van der Waals surface area contributed by atoms with E-state index >= 15 is 0 Å². The highest BCUT2D eigenvalue weighted by molar-refractivity contribution is 5.50. The van der Waals surface area contributed by atoms with Gasteiger partial charge in [0.1, 0.15) is 11.6 Å². The third kappa shape index (κ3) is 3.55. The Kier molecular flexibility index (Phi) is 4.70. The summed E-state index contributed by atoms with van der Waals surface area (Å²) in [4.78, 5) is 10.3. The monoisotopic (exact) mass is 273 g/mol. The summed E-state index contributed by atoms with van der Waals surface area (Å²) in [6, 6.07) is 7.20. The largest absolute Gasteiger partial charge is 0.313 e. The molecule has 0 bridgehead atoms. The third-order valence-electron chi connectivity index (χ3n) is 3.68. The predicted octanol–water partition coefficient (Wildman–Crippen LogP) is 2.79. The molecule has 1 aromatic carbocycles. The van der Waals surface area contributed by atoms with Crippen LogP contribution in [0.25, 0.3) is 0 Å². The lowest BCUT2D eigenvalue weighted by Crippen LogP contribution is -2.33. The van der Waals surface area contributed by atoms with E-state index in [1.54, 1.807) is 12.1 Å². The first-order valence-electron chi connectivity index (χ1n) is 7.06. The Balaban J connectivity index is 2.12. The van der Waals surface area contributed by atoms with Crippen molar-refractivity contribution in [1.82, 2.24) is 5.32 Å². The van der Waals surface area contributed by atoms with E-state index in [0.717, 1.165) is 24.9 Å². The van der Waals surface area contributed by atoms with Gasteiger partial charge in [-0.1, -0.05) is 13.0 Å². The average Bonchev–Trinajstić information content (AvgIpc) is 3.27. The standard InChI is InChI=1S/C15H19N3O2/c1-2-7-17-14(12-4-5-12)9-11-3-6-15(18(19)20)13(8-11)10-16/h3,6,8,12,14,17H,2,4-5,7,9H2,1H3. The van der Waals surface area contributed by atoms with Crippen molar-refractivity contribution in [2.45, 2.75) is 38.6 Å². The van der Waals surface area contributed by atoms with Crippen molar-refractivity contribution in [1.29, 1.82) is 5.26 Å². The number of nitrogens with zero attached hydrogens (tertiary/aromatic N) is 2. The van der Waals surface area contributed by atoms with Crippen LogP contribution in [0.5, 0.6) is 0 Å². The molecule has 0 aromatic heterocycles. The summed E-state index contributed by atoms with van der Waals surface area (Å²) in [5, 5.41) is 23.4. The minimum Gasteiger partial charge on any atom is -0.313 e. The van der Waals surface area contributed by atoms with Crippen molar-refractivity contribution in [3.63, 3.8) is 0 Å². The molecule has 1 atom stereocenters. The van der Waals surface area contributed by atoms with Gasteiger partial charge in [-0.25, -0.2) is 0 Å². The average molecular weight is 273 g/mol. The van der Waals surface area contributed by atoms with Crippen molar-refractivity contribution < 1.29 is 4.92 Å². The number of benzene rings is 1. The van der Waals surface area contributed by atoms with Crippen molar-refractivity contribution in [3.8, 4) is 6.07 Å². The van der Waals surface area contributed by atoms with E-state index in [0.29, 0.717) is 12.0 Å². The normalized spacial score (nSPS) is 15.6. The number of nitro groups is 1. The Morgan fingerprint density at radius 1 is 1.55 bits per heavy atom. The van der Waals surface area contributed by atoms with Gasteiger partial charge in [-0.15, -0.1) is 0 Å². The van der Waals surface area contributed by atoms with E-state index in [9.17, 15) is 10.1 Å². The summed E-state index contributed by atoms with van der Waals surface area (Å²) < 4.78 is 0. The fourth-order valence-corrected chi connectivity index (χ4v) is 2.45. The number of hydrogen-bond donors (Lipinski definition) is 1. The van der Waals surface area contributed by atoms with Gasteiger partial charge in [0, 0.05) is 12.1 Å². The van der Waals surface area contributed by atoms with Crippen LogP contribution in [0, 0.1) is 27.4 Å². The van der Waals surface area contributed by atoms with Crippen LogP contribution in [0.1, 0.15) is 37.3 Å². The molecule has 1 N–H and O–H groups in total. The lowest BCUT2D eigenvalue weighted by molar-refractivity contribution is -0.385. The van der Waals surface area contributed by atoms with E-state index in [2.05, 4.69) is 12.2 Å². The molecular weight excluding hydrogens is 254 g/mol. The second-order valence-corrected chi connectivity index (χ2v) is 5.32. The molecule has 1 unspecified atom stereocenters. The van der Waals surface area contributed by atoms with Crippen LogP contribution in [0.4, 0.5) is 5.69 Å². The maximum Gasteiger partial charge on any atom is 0.287 e. The number of nitrogens with one attached hydrogen (secondary N) is 1. The van der Waals surface area contributed by atoms with Crippen LogP contribution in [0.2, 0.25) is 0 Å². The van der Waals surface area contributed by atoms with Gasteiger partial charge in [-0.3, -0.25) is 10.1 Å². The Hall–Kier alpha value is -1.93. The highest BCUT2D eigenvalue weighted by Crippen LogP contribution is 2.34. The van der Waals surface area contributed by atoms with Crippen LogP contribution in [-0.4, -0.2) is 17.5 Å². The third-order valence-corrected chi connectivity index (χ3v) is 3.68. The molecule has 0 radical (unpaired) electrons. The molecule has 0 heterocycles. The Morgan fingerprint density at radius 3 is 2.85 bits per heavy atom. The Bertz CT molecular complexity index is 532. The molecule has 1 aromatic rings. The molecule has 0 amide bonds. The zero-order chi connectivity index (χ0) is 14.5. The van der Waals surface area contributed by atoms with Gasteiger partial charge in [0.05, 0.1) is 4.92 Å². The molecule has 106 valence electrons. The van der Waals surface area contributed by atoms with E-state index in [1.165, 1.54) is 18.9 Å². The fourth-order valence-electron chi connectivity index (χ4n) is 2.45. The molecule has 1 aliphatic rings. The summed E-state index contributed by atoms with van der Waals surface area (Å²) in [6.07, 6.45) is 4.42. The quantitative estimate of drug-likeness (QED) is 0.612. The number of nitro benzene ring substituents is 1. The molecule has 0 saturated heterocycles. The van der Waals surface area contributed by atoms with Crippen molar-refractivity contribution in [3.05, 3.63) is 39.4 Å². The second kappa shape index (κ2) is 6.49. The Morgan fingerprint density at radius 2 is 2.30 bits per heavy atom. The minimum absolute atomic E-state index is 0.110. The van der Waals surface area contributed by atoms with Crippen molar-refractivity contribution in [2.24, 2.45) is 5.92 Å². The highest BCUT2D eigenvalue weighted by Gasteiger charge is 2.30. The first kappa shape index (κ1) is 14.5. The summed E-state index contributed by atoms with van der Waals surface area (Å²) in [5.74, 6) is 0.710. The van der Waals surface area contributed by atoms with Crippen LogP contribution in [0.3, 0.4) is 0 Å². The van der Waals surface area contributed by atoms with Gasteiger partial charge in [-0.05, 0) is 49.8 Å². The number of hydrogen-bond acceptors (Lipinski definition) is 4. The van der Waals surface area contributed by atoms with Crippen LogP contribution >= 0.6 is 0 Å². The van der Waals surface area contributed by atoms with Gasteiger partial charge in [0.15, 0.2) is 0 Å². The van der Waals surface area contributed by atoms with Gasteiger partial charge >= 0.3 is 0 Å². The Labute approximate surface area is 118 Å². The summed E-state index contributed by atoms with van der Waals surface area (Å²) >= 11 is 0. The highest BCUT2D eigenvalue weighted by atomic mass is 16.6. The fraction of sp³-hybridized carbons (Fsp3) is 0.533. The van der Waals surface area contributed by atoms with E-state index in [4.69, 9.17) is 5.26 Å². The molecule has 20 heavy (non-hydrogen) atoms. The zero-order valence-electron chi connectivity index (χ0n) is 11.6. The molecule has 5 heteroatoms. The first-order chi connectivity index (χ1) is 9.65. The maximum absolute atomic E-state index is 10.8. The summed E-state index contributed by atoms with van der Waals surface area (Å²) in [5.41, 5.74) is 1.03. The van der Waals surface area contributed by atoms with E-state index in [1.807, 2.05) is 6.07 Å². The smallest absolute Gasteiger partial charge is 0.287 e. The molecule has 1 fully saturated rings. The van der Waals surface area contributed by atoms with Crippen LogP contribution in [0.15, 0.2) is 18.2 Å². The number of rotatable bonds is 7. The zero-order valence-corrected chi connectivity index (χ0v) is 11.6. The van der Waals surface area contributed by atoms with Gasteiger partial charge in [0.25, 0.3) is 5.69 Å². The molecular formula is C15H19N3O2. The minimum atomic E-state index is -0.504. The van der Waals surface area contributed by atoms with Gasteiger partial charge in [-0.2, -0.15) is 5.26 Å². The predicted molar refractivity (Wildman–Crippen MR) is 76.3 cm³/mol. The lowest BCUT2D eigenvalue weighted by Gasteiger charge is -2.18. The van der Waals surface area contributed by atoms with Crippen molar-refractivity contribution >= 4 is 5.69 Å². The van der Waals surface area contributed by atoms with E-state index in [-0.39, 0.29) is 11.3 Å². The molecule has 2 rings (SSSR count).